The summed E-state index contributed by atoms with van der Waals surface area (Å²) >= 11 is 0. The third-order valence-corrected chi connectivity index (χ3v) is 2.61. The average molecular weight is 283 g/mol. The number of hydrogen-bond acceptors (Lipinski definition) is 4. The molecule has 3 amide bonds. The summed E-state index contributed by atoms with van der Waals surface area (Å²) in [5.41, 5.74) is 5.96. The van der Waals surface area contributed by atoms with E-state index >= 15 is 0 Å². The zero-order valence-corrected chi connectivity index (χ0v) is 11.6. The third-order valence-electron chi connectivity index (χ3n) is 2.61. The monoisotopic (exact) mass is 283 g/mol. The van der Waals surface area contributed by atoms with Gasteiger partial charge in [-0.2, -0.15) is 0 Å². The van der Waals surface area contributed by atoms with Crippen LogP contribution >= 0.6 is 0 Å². The van der Waals surface area contributed by atoms with Gasteiger partial charge >= 0.3 is 6.03 Å². The Labute approximate surface area is 116 Å². The quantitative estimate of drug-likeness (QED) is 0.770. The number of urea groups is 1. The molecule has 0 heterocycles. The van der Waals surface area contributed by atoms with E-state index in [0.717, 1.165) is 6.07 Å². The van der Waals surface area contributed by atoms with Crippen LogP contribution in [0.5, 0.6) is 5.75 Å². The molecule has 0 aliphatic heterocycles. The van der Waals surface area contributed by atoms with Crippen molar-refractivity contribution in [3.63, 3.8) is 0 Å². The number of amides is 3. The van der Waals surface area contributed by atoms with Gasteiger partial charge in [-0.15, -0.1) is 0 Å². The number of halogens is 1. The maximum atomic E-state index is 13.7. The van der Waals surface area contributed by atoms with E-state index in [-0.39, 0.29) is 5.75 Å². The van der Waals surface area contributed by atoms with Crippen LogP contribution in [0.1, 0.15) is 25.5 Å². The highest BCUT2D eigenvalue weighted by molar-refractivity contribution is 5.96. The predicted octanol–water partition coefficient (Wildman–Crippen LogP) is 1.07. The van der Waals surface area contributed by atoms with E-state index in [4.69, 9.17) is 10.5 Å². The van der Waals surface area contributed by atoms with Crippen molar-refractivity contribution in [2.75, 3.05) is 7.05 Å². The molecule has 0 radical (unpaired) electrons. The van der Waals surface area contributed by atoms with Crippen LogP contribution in [0.3, 0.4) is 0 Å². The predicted molar refractivity (Wildman–Crippen MR) is 71.7 cm³/mol. The lowest BCUT2D eigenvalue weighted by Gasteiger charge is -2.15. The Bertz CT molecular complexity index is 506. The second kappa shape index (κ2) is 6.85. The number of carbonyl (C=O) groups is 2. The molecular formula is C13H18FN3O3. The van der Waals surface area contributed by atoms with Crippen molar-refractivity contribution in [2.45, 2.75) is 26.0 Å². The first kappa shape index (κ1) is 15.9. The van der Waals surface area contributed by atoms with Gasteiger partial charge in [0.25, 0.3) is 5.91 Å². The Hall–Kier alpha value is -2.15. The number of hydrogen-bond donors (Lipinski definition) is 3. The van der Waals surface area contributed by atoms with Gasteiger partial charge in [-0.1, -0.05) is 6.07 Å². The molecular weight excluding hydrogens is 265 g/mol. The van der Waals surface area contributed by atoms with E-state index in [1.54, 1.807) is 6.92 Å². The van der Waals surface area contributed by atoms with Gasteiger partial charge in [0, 0.05) is 24.7 Å². The molecule has 6 nitrogen and oxygen atoms in total. The highest BCUT2D eigenvalue weighted by Crippen LogP contribution is 2.21. The van der Waals surface area contributed by atoms with Crippen LogP contribution in [0, 0.1) is 5.82 Å². The van der Waals surface area contributed by atoms with Gasteiger partial charge in [-0.3, -0.25) is 10.1 Å². The number of carbonyl (C=O) groups excluding carboxylic acids is 2. The van der Waals surface area contributed by atoms with E-state index in [1.165, 1.54) is 26.1 Å². The minimum absolute atomic E-state index is 0.187. The van der Waals surface area contributed by atoms with Gasteiger partial charge in [0.15, 0.2) is 6.10 Å². The Morgan fingerprint density at radius 1 is 1.35 bits per heavy atom. The summed E-state index contributed by atoms with van der Waals surface area (Å²) in [6, 6.07) is 3.11. The highest BCUT2D eigenvalue weighted by Gasteiger charge is 2.17. The Morgan fingerprint density at radius 3 is 2.50 bits per heavy atom. The molecule has 20 heavy (non-hydrogen) atoms. The van der Waals surface area contributed by atoms with Gasteiger partial charge in [0.1, 0.15) is 11.6 Å². The maximum Gasteiger partial charge on any atom is 0.321 e. The first-order chi connectivity index (χ1) is 9.35. The maximum absolute atomic E-state index is 13.7. The normalized spacial score (nSPS) is 13.2. The summed E-state index contributed by atoms with van der Waals surface area (Å²) in [7, 11) is 1.39. The van der Waals surface area contributed by atoms with Crippen molar-refractivity contribution in [1.29, 1.82) is 0 Å². The number of rotatable bonds is 4. The van der Waals surface area contributed by atoms with Gasteiger partial charge in [0.2, 0.25) is 0 Å². The molecule has 1 aromatic rings. The Balaban J connectivity index is 2.71. The van der Waals surface area contributed by atoms with Crippen LogP contribution in [0.4, 0.5) is 9.18 Å². The second-order valence-electron chi connectivity index (χ2n) is 4.30. The molecule has 0 fully saturated rings. The molecule has 0 bridgehead atoms. The number of benzene rings is 1. The van der Waals surface area contributed by atoms with Crippen LogP contribution in [0.15, 0.2) is 18.2 Å². The summed E-state index contributed by atoms with van der Waals surface area (Å²) in [5, 5.41) is 4.31. The van der Waals surface area contributed by atoms with Crippen molar-refractivity contribution >= 4 is 11.9 Å². The molecule has 7 heteroatoms. The lowest BCUT2D eigenvalue weighted by Crippen LogP contribution is -2.43. The number of imide groups is 1. The Kier molecular flexibility index (Phi) is 5.45. The lowest BCUT2D eigenvalue weighted by atomic mass is 10.1. The molecule has 110 valence electrons. The minimum Gasteiger partial charge on any atom is -0.481 e. The number of nitrogens with two attached hydrogens (primary N) is 1. The zero-order valence-electron chi connectivity index (χ0n) is 11.6. The van der Waals surface area contributed by atoms with Gasteiger partial charge < -0.3 is 15.8 Å². The topological polar surface area (TPSA) is 93.5 Å². The molecule has 0 aliphatic rings. The minimum atomic E-state index is -0.937. The SMILES string of the molecule is CNC(=O)NC(=O)C(C)Oc1ccc(C(C)N)c(F)c1. The van der Waals surface area contributed by atoms with Gasteiger partial charge in [-0.25, -0.2) is 9.18 Å². The summed E-state index contributed by atoms with van der Waals surface area (Å²) in [5.74, 6) is -0.941. The molecule has 0 aliphatic carbocycles. The molecule has 0 spiro atoms. The van der Waals surface area contributed by atoms with Crippen molar-refractivity contribution in [3.05, 3.63) is 29.6 Å². The van der Waals surface area contributed by atoms with E-state index in [0.29, 0.717) is 5.56 Å². The average Bonchev–Trinajstić information content (AvgIpc) is 2.37. The van der Waals surface area contributed by atoms with Crippen LogP contribution in [0.2, 0.25) is 0 Å². The third kappa shape index (κ3) is 4.20. The van der Waals surface area contributed by atoms with Crippen molar-refractivity contribution in [2.24, 2.45) is 5.73 Å². The Morgan fingerprint density at radius 2 is 2.00 bits per heavy atom. The highest BCUT2D eigenvalue weighted by atomic mass is 19.1. The molecule has 2 unspecified atom stereocenters. The van der Waals surface area contributed by atoms with Crippen LogP contribution in [0.25, 0.3) is 0 Å². The fourth-order valence-electron chi connectivity index (χ4n) is 1.48. The zero-order chi connectivity index (χ0) is 15.3. The van der Waals surface area contributed by atoms with E-state index in [1.807, 2.05) is 0 Å². The fourth-order valence-corrected chi connectivity index (χ4v) is 1.48. The summed E-state index contributed by atoms with van der Waals surface area (Å²) < 4.78 is 19.0. The van der Waals surface area contributed by atoms with E-state index in [9.17, 15) is 14.0 Å². The van der Waals surface area contributed by atoms with Crippen molar-refractivity contribution < 1.29 is 18.7 Å². The van der Waals surface area contributed by atoms with Crippen LogP contribution in [-0.2, 0) is 4.79 Å². The standard InChI is InChI=1S/C13H18FN3O3/c1-7(15)10-5-4-9(6-11(10)14)20-8(2)12(18)17-13(19)16-3/h4-8H,15H2,1-3H3,(H2,16,17,18,19). The molecule has 1 aromatic carbocycles. The number of ether oxygens (including phenoxy) is 1. The summed E-state index contributed by atoms with van der Waals surface area (Å²) in [6.07, 6.45) is -0.937. The van der Waals surface area contributed by atoms with Crippen molar-refractivity contribution in [3.8, 4) is 5.75 Å². The molecule has 1 rings (SSSR count). The van der Waals surface area contributed by atoms with E-state index < -0.39 is 29.9 Å². The second-order valence-corrected chi connectivity index (χ2v) is 4.30. The molecule has 0 saturated carbocycles. The molecule has 0 saturated heterocycles. The molecule has 2 atom stereocenters. The largest absolute Gasteiger partial charge is 0.481 e. The van der Waals surface area contributed by atoms with Crippen LogP contribution < -0.4 is 21.1 Å². The smallest absolute Gasteiger partial charge is 0.321 e. The summed E-state index contributed by atoms with van der Waals surface area (Å²) in [4.78, 5) is 22.5. The molecule has 4 N–H and O–H groups in total. The van der Waals surface area contributed by atoms with E-state index in [2.05, 4.69) is 10.6 Å². The first-order valence-electron chi connectivity index (χ1n) is 6.09. The lowest BCUT2D eigenvalue weighted by molar-refractivity contribution is -0.126. The number of nitrogens with one attached hydrogen (secondary N) is 2. The van der Waals surface area contributed by atoms with Crippen molar-refractivity contribution in [1.82, 2.24) is 10.6 Å². The molecule has 0 aromatic heterocycles. The van der Waals surface area contributed by atoms with Gasteiger partial charge in [-0.05, 0) is 19.9 Å². The first-order valence-corrected chi connectivity index (χ1v) is 6.09. The van der Waals surface area contributed by atoms with Crippen LogP contribution in [-0.4, -0.2) is 25.1 Å². The summed E-state index contributed by atoms with van der Waals surface area (Å²) in [6.45, 7) is 3.12. The fraction of sp³-hybridized carbons (Fsp3) is 0.385. The van der Waals surface area contributed by atoms with Gasteiger partial charge in [0.05, 0.1) is 0 Å².